The van der Waals surface area contributed by atoms with Crippen molar-refractivity contribution < 1.29 is 9.84 Å². The van der Waals surface area contributed by atoms with Crippen molar-refractivity contribution >= 4 is 10.9 Å². The van der Waals surface area contributed by atoms with Gasteiger partial charge < -0.3 is 15.6 Å². The number of hydrogen-bond donors (Lipinski definition) is 2. The van der Waals surface area contributed by atoms with E-state index in [-0.39, 0.29) is 18.8 Å². The molecule has 100 valence electrons. The zero-order valence-corrected chi connectivity index (χ0v) is 10.7. The van der Waals surface area contributed by atoms with E-state index in [1.54, 1.807) is 6.20 Å². The second-order valence-corrected chi connectivity index (χ2v) is 5.08. The number of aliphatic hydroxyl groups is 1. The maximum atomic E-state index is 9.48. The highest BCUT2D eigenvalue weighted by Gasteiger charge is 2.35. The van der Waals surface area contributed by atoms with Crippen molar-refractivity contribution in [2.75, 3.05) is 6.61 Å². The summed E-state index contributed by atoms with van der Waals surface area (Å²) in [6, 6.07) is 9.57. The van der Waals surface area contributed by atoms with Crippen molar-refractivity contribution in [3.8, 4) is 5.75 Å². The average molecular weight is 258 g/mol. The minimum Gasteiger partial charge on any atom is -0.484 e. The van der Waals surface area contributed by atoms with Crippen LogP contribution >= 0.6 is 0 Å². The molecular formula is C15H18N2O2. The van der Waals surface area contributed by atoms with Crippen molar-refractivity contribution in [1.29, 1.82) is 0 Å². The highest BCUT2D eigenvalue weighted by molar-refractivity contribution is 5.84. The third kappa shape index (κ3) is 2.55. The predicted octanol–water partition coefficient (Wildman–Crippen LogP) is 1.71. The fourth-order valence-corrected chi connectivity index (χ4v) is 2.36. The lowest BCUT2D eigenvalue weighted by Crippen LogP contribution is -2.43. The molecule has 2 aromatic rings. The van der Waals surface area contributed by atoms with Gasteiger partial charge in [0.05, 0.1) is 6.61 Å². The van der Waals surface area contributed by atoms with Crippen molar-refractivity contribution in [2.24, 2.45) is 11.7 Å². The molecule has 0 amide bonds. The Morgan fingerprint density at radius 1 is 1.32 bits per heavy atom. The maximum Gasteiger partial charge on any atom is 0.146 e. The molecule has 1 aromatic heterocycles. The van der Waals surface area contributed by atoms with E-state index < -0.39 is 0 Å². The molecule has 1 fully saturated rings. The van der Waals surface area contributed by atoms with Crippen LogP contribution in [0.3, 0.4) is 0 Å². The summed E-state index contributed by atoms with van der Waals surface area (Å²) in [7, 11) is 0. The van der Waals surface area contributed by atoms with E-state index in [1.807, 2.05) is 30.3 Å². The number of para-hydroxylation sites is 1. The SMILES string of the molecule is NC(C1CC1)C(CO)Oc1cccc2cccnc12. The number of nitrogens with two attached hydrogens (primary N) is 1. The van der Waals surface area contributed by atoms with Crippen LogP contribution in [0, 0.1) is 5.92 Å². The van der Waals surface area contributed by atoms with Gasteiger partial charge in [-0.25, -0.2) is 0 Å². The van der Waals surface area contributed by atoms with E-state index >= 15 is 0 Å². The minimum absolute atomic E-state index is 0.0686. The minimum atomic E-state index is -0.361. The lowest BCUT2D eigenvalue weighted by molar-refractivity contribution is 0.0894. The molecule has 0 bridgehead atoms. The molecule has 0 spiro atoms. The number of aliphatic hydroxyl groups excluding tert-OH is 1. The van der Waals surface area contributed by atoms with Crippen LogP contribution in [0.25, 0.3) is 10.9 Å². The Hall–Kier alpha value is -1.65. The third-order valence-electron chi connectivity index (χ3n) is 3.65. The van der Waals surface area contributed by atoms with Crippen molar-refractivity contribution in [3.63, 3.8) is 0 Å². The van der Waals surface area contributed by atoms with Crippen LogP contribution < -0.4 is 10.5 Å². The molecule has 1 aliphatic carbocycles. The Morgan fingerprint density at radius 3 is 2.84 bits per heavy atom. The number of benzene rings is 1. The highest BCUT2D eigenvalue weighted by Crippen LogP contribution is 2.34. The predicted molar refractivity (Wildman–Crippen MR) is 73.9 cm³/mol. The molecule has 1 aliphatic rings. The van der Waals surface area contributed by atoms with E-state index in [1.165, 1.54) is 0 Å². The van der Waals surface area contributed by atoms with Gasteiger partial charge in [0, 0.05) is 17.6 Å². The molecule has 3 N–H and O–H groups in total. The molecule has 4 nitrogen and oxygen atoms in total. The van der Waals surface area contributed by atoms with E-state index in [0.29, 0.717) is 11.7 Å². The molecule has 0 aliphatic heterocycles. The molecule has 2 atom stereocenters. The number of rotatable bonds is 5. The van der Waals surface area contributed by atoms with E-state index in [0.717, 1.165) is 23.7 Å². The smallest absolute Gasteiger partial charge is 0.146 e. The zero-order chi connectivity index (χ0) is 13.2. The van der Waals surface area contributed by atoms with Gasteiger partial charge in [-0.15, -0.1) is 0 Å². The summed E-state index contributed by atoms with van der Waals surface area (Å²) in [5.74, 6) is 1.17. The first kappa shape index (κ1) is 12.4. The fraction of sp³-hybridized carbons (Fsp3) is 0.400. The molecule has 19 heavy (non-hydrogen) atoms. The number of fused-ring (bicyclic) bond motifs is 1. The van der Waals surface area contributed by atoms with Gasteiger partial charge in [-0.2, -0.15) is 0 Å². The van der Waals surface area contributed by atoms with Gasteiger partial charge >= 0.3 is 0 Å². The van der Waals surface area contributed by atoms with Crippen LogP contribution in [0.2, 0.25) is 0 Å². The van der Waals surface area contributed by atoms with Gasteiger partial charge in [0.1, 0.15) is 17.4 Å². The molecule has 1 aromatic carbocycles. The summed E-state index contributed by atoms with van der Waals surface area (Å²) in [5.41, 5.74) is 6.93. The number of nitrogens with zero attached hydrogens (tertiary/aromatic N) is 1. The van der Waals surface area contributed by atoms with Gasteiger partial charge in [-0.1, -0.05) is 18.2 Å². The Balaban J connectivity index is 1.87. The second kappa shape index (κ2) is 5.15. The van der Waals surface area contributed by atoms with Crippen LogP contribution in [0.4, 0.5) is 0 Å². The molecule has 4 heteroatoms. The van der Waals surface area contributed by atoms with Gasteiger partial charge in [-0.05, 0) is 30.9 Å². The van der Waals surface area contributed by atoms with Crippen molar-refractivity contribution in [3.05, 3.63) is 36.5 Å². The maximum absolute atomic E-state index is 9.48. The number of pyridine rings is 1. The standard InChI is InChI=1S/C15H18N2O2/c16-14(10-6-7-10)13(9-18)19-12-5-1-3-11-4-2-8-17-15(11)12/h1-5,8,10,13-14,18H,6-7,9,16H2. The lowest BCUT2D eigenvalue weighted by Gasteiger charge is -2.23. The molecule has 1 saturated carbocycles. The highest BCUT2D eigenvalue weighted by atomic mass is 16.5. The first-order chi connectivity index (χ1) is 9.29. The summed E-state index contributed by atoms with van der Waals surface area (Å²) in [4.78, 5) is 4.34. The van der Waals surface area contributed by atoms with Gasteiger partial charge in [0.25, 0.3) is 0 Å². The van der Waals surface area contributed by atoms with Gasteiger partial charge in [-0.3, -0.25) is 4.98 Å². The van der Waals surface area contributed by atoms with Crippen LogP contribution in [-0.4, -0.2) is 28.8 Å². The topological polar surface area (TPSA) is 68.4 Å². The first-order valence-electron chi connectivity index (χ1n) is 6.66. The van der Waals surface area contributed by atoms with Crippen LogP contribution in [0.5, 0.6) is 5.75 Å². The third-order valence-corrected chi connectivity index (χ3v) is 3.65. The summed E-state index contributed by atoms with van der Waals surface area (Å²) in [6.07, 6.45) is 3.65. The summed E-state index contributed by atoms with van der Waals surface area (Å²) >= 11 is 0. The Morgan fingerprint density at radius 2 is 2.11 bits per heavy atom. The summed E-state index contributed by atoms with van der Waals surface area (Å²) in [5, 5.41) is 10.5. The molecule has 1 heterocycles. The number of ether oxygens (including phenoxy) is 1. The lowest BCUT2D eigenvalue weighted by atomic mass is 10.1. The van der Waals surface area contributed by atoms with Crippen LogP contribution in [-0.2, 0) is 0 Å². The first-order valence-corrected chi connectivity index (χ1v) is 6.66. The van der Waals surface area contributed by atoms with E-state index in [4.69, 9.17) is 10.5 Å². The van der Waals surface area contributed by atoms with Crippen LogP contribution in [0.15, 0.2) is 36.5 Å². The average Bonchev–Trinajstić information content (AvgIpc) is 3.28. The number of hydrogen-bond acceptors (Lipinski definition) is 4. The Kier molecular flexibility index (Phi) is 3.36. The molecule has 0 radical (unpaired) electrons. The largest absolute Gasteiger partial charge is 0.484 e. The van der Waals surface area contributed by atoms with Gasteiger partial charge in [0.15, 0.2) is 0 Å². The zero-order valence-electron chi connectivity index (χ0n) is 10.7. The van der Waals surface area contributed by atoms with E-state index in [9.17, 15) is 5.11 Å². The Labute approximate surface area is 112 Å². The van der Waals surface area contributed by atoms with E-state index in [2.05, 4.69) is 4.98 Å². The second-order valence-electron chi connectivity index (χ2n) is 5.08. The summed E-state index contributed by atoms with van der Waals surface area (Å²) < 4.78 is 5.90. The normalized spacial score (nSPS) is 18.2. The molecule has 3 rings (SSSR count). The summed E-state index contributed by atoms with van der Waals surface area (Å²) in [6.45, 7) is -0.0686. The number of aromatic nitrogens is 1. The Bertz CT molecular complexity index is 564. The molecule has 0 saturated heterocycles. The van der Waals surface area contributed by atoms with Gasteiger partial charge in [0.2, 0.25) is 0 Å². The quantitative estimate of drug-likeness (QED) is 0.856. The van der Waals surface area contributed by atoms with Crippen molar-refractivity contribution in [2.45, 2.75) is 25.0 Å². The monoisotopic (exact) mass is 258 g/mol. The molecule has 2 unspecified atom stereocenters. The van der Waals surface area contributed by atoms with Crippen molar-refractivity contribution in [1.82, 2.24) is 4.98 Å². The fourth-order valence-electron chi connectivity index (χ4n) is 2.36. The molecular weight excluding hydrogens is 240 g/mol. The van der Waals surface area contributed by atoms with Crippen LogP contribution in [0.1, 0.15) is 12.8 Å².